The molecule has 3 heteroatoms. The van der Waals surface area contributed by atoms with Crippen LogP contribution in [0.2, 0.25) is 0 Å². The molecule has 0 saturated heterocycles. The van der Waals surface area contributed by atoms with E-state index in [0.717, 1.165) is 33.6 Å². The molecule has 1 aliphatic carbocycles. The maximum Gasteiger partial charge on any atom is 0.160 e. The van der Waals surface area contributed by atoms with Crippen LogP contribution in [0.5, 0.6) is 0 Å². The molecule has 0 aliphatic heterocycles. The molecule has 0 N–H and O–H groups in total. The summed E-state index contributed by atoms with van der Waals surface area (Å²) < 4.78 is 2.40. The first-order chi connectivity index (χ1) is 28.5. The molecule has 2 aromatic heterocycles. The second-order valence-electron chi connectivity index (χ2n) is 15.8. The predicted octanol–water partition coefficient (Wildman–Crippen LogP) is 14.2. The number of rotatable bonds is 6. The molecule has 0 saturated carbocycles. The van der Waals surface area contributed by atoms with Gasteiger partial charge in [-0.2, -0.15) is 0 Å². The first-order valence-corrected chi connectivity index (χ1v) is 20.0. The van der Waals surface area contributed by atoms with Crippen molar-refractivity contribution >= 4 is 21.8 Å². The molecule has 8 aromatic carbocycles. The minimum atomic E-state index is -0.185. The standard InChI is InChI=1S/C55H39N3/c1-55(2)47-26-15-25-43(40-20-14-21-41(32-40)54-56-49(36-16-6-3-7-17-36)35-50(57-54)37-18-8-4-9-19-37)53(47)46-31-29-38(33-48(46)55)39-28-30-45-44-24-12-13-27-51(44)58(52(45)34-39)42-22-10-5-11-23-42/h3-35H,1-2H3. The molecule has 3 nitrogen and oxygen atoms in total. The Morgan fingerprint density at radius 3 is 1.71 bits per heavy atom. The lowest BCUT2D eigenvalue weighted by atomic mass is 9.81. The molecule has 1 aliphatic rings. The van der Waals surface area contributed by atoms with Crippen molar-refractivity contribution in [3.8, 4) is 73.0 Å². The molecule has 0 radical (unpaired) electrons. The van der Waals surface area contributed by atoms with Crippen LogP contribution in [0.4, 0.5) is 0 Å². The van der Waals surface area contributed by atoms with Crippen molar-refractivity contribution in [2.24, 2.45) is 0 Å². The van der Waals surface area contributed by atoms with Gasteiger partial charge in [-0.15, -0.1) is 0 Å². The average Bonchev–Trinajstić information content (AvgIpc) is 3.74. The molecule has 274 valence electrons. The number of benzene rings is 8. The monoisotopic (exact) mass is 741 g/mol. The first-order valence-electron chi connectivity index (χ1n) is 20.0. The Labute approximate surface area is 338 Å². The van der Waals surface area contributed by atoms with Gasteiger partial charge in [-0.05, 0) is 87.0 Å². The van der Waals surface area contributed by atoms with Gasteiger partial charge in [-0.3, -0.25) is 0 Å². The van der Waals surface area contributed by atoms with Crippen molar-refractivity contribution < 1.29 is 0 Å². The van der Waals surface area contributed by atoms with Gasteiger partial charge in [0.05, 0.1) is 22.4 Å². The van der Waals surface area contributed by atoms with Gasteiger partial charge in [0.1, 0.15) is 0 Å². The lowest BCUT2D eigenvalue weighted by Gasteiger charge is -2.22. The summed E-state index contributed by atoms with van der Waals surface area (Å²) in [6.07, 6.45) is 0. The second-order valence-corrected chi connectivity index (χ2v) is 15.8. The summed E-state index contributed by atoms with van der Waals surface area (Å²) in [4.78, 5) is 10.3. The Morgan fingerprint density at radius 1 is 0.379 bits per heavy atom. The van der Waals surface area contributed by atoms with Crippen LogP contribution in [0.25, 0.3) is 94.8 Å². The molecule has 10 aromatic rings. The summed E-state index contributed by atoms with van der Waals surface area (Å²) in [5, 5.41) is 2.53. The van der Waals surface area contributed by atoms with Gasteiger partial charge < -0.3 is 4.57 Å². The van der Waals surface area contributed by atoms with Gasteiger partial charge in [0.25, 0.3) is 0 Å². The van der Waals surface area contributed by atoms with Gasteiger partial charge >= 0.3 is 0 Å². The van der Waals surface area contributed by atoms with Gasteiger partial charge in [0, 0.05) is 38.6 Å². The maximum atomic E-state index is 5.15. The van der Waals surface area contributed by atoms with E-state index in [2.05, 4.69) is 206 Å². The normalized spacial score (nSPS) is 12.8. The van der Waals surface area contributed by atoms with Gasteiger partial charge in [0.15, 0.2) is 5.82 Å². The zero-order valence-corrected chi connectivity index (χ0v) is 32.4. The number of nitrogens with zero attached hydrogens (tertiary/aromatic N) is 3. The van der Waals surface area contributed by atoms with Gasteiger partial charge in [-0.25, -0.2) is 9.97 Å². The summed E-state index contributed by atoms with van der Waals surface area (Å²) in [6, 6.07) is 71.8. The lowest BCUT2D eigenvalue weighted by Crippen LogP contribution is -2.15. The van der Waals surface area contributed by atoms with E-state index in [1.807, 2.05) is 12.1 Å². The Kier molecular flexibility index (Phi) is 7.84. The number of aromatic nitrogens is 3. The van der Waals surface area contributed by atoms with E-state index in [9.17, 15) is 0 Å². The van der Waals surface area contributed by atoms with Crippen molar-refractivity contribution in [3.63, 3.8) is 0 Å². The zero-order valence-electron chi connectivity index (χ0n) is 32.4. The number of hydrogen-bond donors (Lipinski definition) is 0. The number of hydrogen-bond acceptors (Lipinski definition) is 2. The third-order valence-corrected chi connectivity index (χ3v) is 12.0. The fourth-order valence-electron chi connectivity index (χ4n) is 9.13. The molecule has 0 fully saturated rings. The molecule has 2 heterocycles. The number of fused-ring (bicyclic) bond motifs is 6. The van der Waals surface area contributed by atoms with Crippen LogP contribution in [0.15, 0.2) is 200 Å². The smallest absolute Gasteiger partial charge is 0.160 e. The third-order valence-electron chi connectivity index (χ3n) is 12.0. The first kappa shape index (κ1) is 33.9. The van der Waals surface area contributed by atoms with Gasteiger partial charge in [-0.1, -0.05) is 172 Å². The molecule has 0 bridgehead atoms. The summed E-state index contributed by atoms with van der Waals surface area (Å²) in [5.74, 6) is 0.711. The average molecular weight is 742 g/mol. The number of para-hydroxylation sites is 2. The Bertz CT molecular complexity index is 3120. The van der Waals surface area contributed by atoms with E-state index < -0.39 is 0 Å². The fraction of sp³-hybridized carbons (Fsp3) is 0.0545. The lowest BCUT2D eigenvalue weighted by molar-refractivity contribution is 0.660. The summed E-state index contributed by atoms with van der Waals surface area (Å²) in [5.41, 5.74) is 18.4. The van der Waals surface area contributed by atoms with Crippen LogP contribution in [0.1, 0.15) is 25.0 Å². The molecule has 0 spiro atoms. The van der Waals surface area contributed by atoms with Crippen LogP contribution in [-0.4, -0.2) is 14.5 Å². The van der Waals surface area contributed by atoms with E-state index in [-0.39, 0.29) is 5.41 Å². The molecule has 11 rings (SSSR count). The molecular weight excluding hydrogens is 703 g/mol. The topological polar surface area (TPSA) is 30.7 Å². The third kappa shape index (κ3) is 5.50. The van der Waals surface area contributed by atoms with Crippen molar-refractivity contribution in [1.29, 1.82) is 0 Å². The van der Waals surface area contributed by atoms with E-state index in [1.54, 1.807) is 0 Å². The quantitative estimate of drug-likeness (QED) is 0.170. The Hall–Kier alpha value is -7.36. The molecule has 0 amide bonds. The highest BCUT2D eigenvalue weighted by Gasteiger charge is 2.37. The van der Waals surface area contributed by atoms with Crippen LogP contribution < -0.4 is 0 Å². The molecule has 58 heavy (non-hydrogen) atoms. The fourth-order valence-corrected chi connectivity index (χ4v) is 9.13. The van der Waals surface area contributed by atoms with Crippen molar-refractivity contribution in [2.45, 2.75) is 19.3 Å². The second kappa shape index (κ2) is 13.4. The summed E-state index contributed by atoms with van der Waals surface area (Å²) >= 11 is 0. The highest BCUT2D eigenvalue weighted by Crippen LogP contribution is 2.53. The minimum Gasteiger partial charge on any atom is -0.309 e. The summed E-state index contributed by atoms with van der Waals surface area (Å²) in [7, 11) is 0. The van der Waals surface area contributed by atoms with Crippen LogP contribution >= 0.6 is 0 Å². The molecule has 0 unspecified atom stereocenters. The Morgan fingerprint density at radius 2 is 0.966 bits per heavy atom. The minimum absolute atomic E-state index is 0.185. The molecular formula is C55H39N3. The van der Waals surface area contributed by atoms with Gasteiger partial charge in [0.2, 0.25) is 0 Å². The van der Waals surface area contributed by atoms with Crippen LogP contribution in [0.3, 0.4) is 0 Å². The maximum absolute atomic E-state index is 5.15. The highest BCUT2D eigenvalue weighted by atomic mass is 15.0. The van der Waals surface area contributed by atoms with Crippen LogP contribution in [-0.2, 0) is 5.41 Å². The SMILES string of the molecule is CC1(C)c2cc(-c3ccc4c5ccccc5n(-c5ccccc5)c4c3)ccc2-c2c(-c3cccc(-c4nc(-c5ccccc5)cc(-c5ccccc5)n4)c3)cccc21. The van der Waals surface area contributed by atoms with Crippen molar-refractivity contribution in [3.05, 3.63) is 211 Å². The highest BCUT2D eigenvalue weighted by molar-refractivity contribution is 6.10. The van der Waals surface area contributed by atoms with Crippen molar-refractivity contribution in [1.82, 2.24) is 14.5 Å². The largest absolute Gasteiger partial charge is 0.309 e. The van der Waals surface area contributed by atoms with Crippen molar-refractivity contribution in [2.75, 3.05) is 0 Å². The van der Waals surface area contributed by atoms with E-state index in [0.29, 0.717) is 5.82 Å². The van der Waals surface area contributed by atoms with Crippen LogP contribution in [0, 0.1) is 0 Å². The summed E-state index contributed by atoms with van der Waals surface area (Å²) in [6.45, 7) is 4.73. The Balaban J connectivity index is 1.02. The zero-order chi connectivity index (χ0) is 38.8. The van der Waals surface area contributed by atoms with E-state index in [1.165, 1.54) is 66.4 Å². The molecule has 0 atom stereocenters. The van der Waals surface area contributed by atoms with E-state index >= 15 is 0 Å². The predicted molar refractivity (Wildman–Crippen MR) is 241 cm³/mol. The van der Waals surface area contributed by atoms with E-state index in [4.69, 9.17) is 9.97 Å².